The van der Waals surface area contributed by atoms with E-state index in [-0.39, 0.29) is 6.03 Å². The Balaban J connectivity index is 1.63. The monoisotopic (exact) mass is 404 g/mol. The van der Waals surface area contributed by atoms with E-state index >= 15 is 0 Å². The zero-order valence-electron chi connectivity index (χ0n) is 13.5. The number of aromatic nitrogens is 2. The Kier molecular flexibility index (Phi) is 4.80. The van der Waals surface area contributed by atoms with E-state index in [9.17, 15) is 4.79 Å². The van der Waals surface area contributed by atoms with Crippen LogP contribution >= 0.6 is 35.0 Å². The SMILES string of the molecule is O=C(Nc1cccc(Cl)c1)Nc1c2c(nn1-c1ccc(Cl)cc1)CSC2. The van der Waals surface area contributed by atoms with Gasteiger partial charge in [0.1, 0.15) is 5.82 Å². The minimum absolute atomic E-state index is 0.345. The maximum atomic E-state index is 12.5. The van der Waals surface area contributed by atoms with E-state index in [1.807, 2.05) is 12.1 Å². The molecule has 0 fully saturated rings. The van der Waals surface area contributed by atoms with Crippen LogP contribution in [0.4, 0.5) is 16.3 Å². The fourth-order valence-corrected chi connectivity index (χ4v) is 4.10. The van der Waals surface area contributed by atoms with Gasteiger partial charge in [-0.3, -0.25) is 5.32 Å². The Hall–Kier alpha value is -2.15. The third-order valence-electron chi connectivity index (χ3n) is 3.94. The number of benzene rings is 2. The van der Waals surface area contributed by atoms with Crippen LogP contribution in [0.25, 0.3) is 5.69 Å². The molecule has 0 radical (unpaired) electrons. The van der Waals surface area contributed by atoms with Crippen molar-refractivity contribution in [1.82, 2.24) is 9.78 Å². The molecule has 2 amide bonds. The summed E-state index contributed by atoms with van der Waals surface area (Å²) in [6, 6.07) is 14.0. The molecule has 0 aliphatic carbocycles. The lowest BCUT2D eigenvalue weighted by Crippen LogP contribution is -2.22. The third-order valence-corrected chi connectivity index (χ3v) is 5.39. The molecule has 0 bridgehead atoms. The first-order chi connectivity index (χ1) is 12.6. The average molecular weight is 405 g/mol. The van der Waals surface area contributed by atoms with Crippen LogP contribution in [-0.2, 0) is 11.5 Å². The van der Waals surface area contributed by atoms with Crippen LogP contribution in [0.1, 0.15) is 11.3 Å². The highest BCUT2D eigenvalue weighted by molar-refractivity contribution is 7.98. The molecule has 132 valence electrons. The van der Waals surface area contributed by atoms with Crippen molar-refractivity contribution in [2.45, 2.75) is 11.5 Å². The van der Waals surface area contributed by atoms with Crippen LogP contribution in [0, 0.1) is 0 Å². The smallest absolute Gasteiger partial charge is 0.308 e. The number of nitrogens with one attached hydrogen (secondary N) is 2. The van der Waals surface area contributed by atoms with Gasteiger partial charge in [0.05, 0.1) is 11.4 Å². The van der Waals surface area contributed by atoms with Crippen molar-refractivity contribution in [3.8, 4) is 5.69 Å². The molecule has 2 heterocycles. The number of nitrogens with zero attached hydrogens (tertiary/aromatic N) is 2. The van der Waals surface area contributed by atoms with Crippen LogP contribution in [0.2, 0.25) is 10.0 Å². The molecule has 0 saturated heterocycles. The van der Waals surface area contributed by atoms with Gasteiger partial charge in [-0.05, 0) is 42.5 Å². The van der Waals surface area contributed by atoms with Crippen molar-refractivity contribution in [2.75, 3.05) is 10.6 Å². The lowest BCUT2D eigenvalue weighted by molar-refractivity contribution is 0.262. The summed E-state index contributed by atoms with van der Waals surface area (Å²) in [5.74, 6) is 2.32. The number of hydrogen-bond acceptors (Lipinski definition) is 3. The maximum Gasteiger partial charge on any atom is 0.324 e. The Bertz CT molecular complexity index is 972. The summed E-state index contributed by atoms with van der Waals surface area (Å²) in [6.07, 6.45) is 0. The lowest BCUT2D eigenvalue weighted by Gasteiger charge is -2.12. The molecular weight excluding hydrogens is 391 g/mol. The Morgan fingerprint density at radius 3 is 2.62 bits per heavy atom. The predicted molar refractivity (Wildman–Crippen MR) is 108 cm³/mol. The Morgan fingerprint density at radius 2 is 1.85 bits per heavy atom. The van der Waals surface area contributed by atoms with Crippen molar-refractivity contribution < 1.29 is 4.79 Å². The zero-order valence-corrected chi connectivity index (χ0v) is 15.8. The van der Waals surface area contributed by atoms with Crippen molar-refractivity contribution in [2.24, 2.45) is 0 Å². The van der Waals surface area contributed by atoms with Gasteiger partial charge in [-0.15, -0.1) is 0 Å². The predicted octanol–water partition coefficient (Wildman–Crippen LogP) is 5.57. The molecule has 0 saturated carbocycles. The first-order valence-electron chi connectivity index (χ1n) is 7.88. The first kappa shape index (κ1) is 17.3. The van der Waals surface area contributed by atoms with E-state index in [4.69, 9.17) is 23.2 Å². The molecule has 8 heteroatoms. The number of carbonyl (C=O) groups is 1. The number of hydrogen-bond donors (Lipinski definition) is 2. The van der Waals surface area contributed by atoms with Gasteiger partial charge in [0.25, 0.3) is 0 Å². The summed E-state index contributed by atoms with van der Waals surface area (Å²) >= 11 is 13.7. The van der Waals surface area contributed by atoms with Gasteiger partial charge in [0.15, 0.2) is 0 Å². The van der Waals surface area contributed by atoms with Crippen molar-refractivity contribution in [3.05, 3.63) is 69.8 Å². The molecule has 2 aromatic carbocycles. The summed E-state index contributed by atoms with van der Waals surface area (Å²) in [5, 5.41) is 11.6. The third kappa shape index (κ3) is 3.53. The molecule has 1 aliphatic heterocycles. The number of thioether (sulfide) groups is 1. The number of amides is 2. The molecule has 1 aliphatic rings. The van der Waals surface area contributed by atoms with Crippen molar-refractivity contribution in [1.29, 1.82) is 0 Å². The number of rotatable bonds is 3. The maximum absolute atomic E-state index is 12.5. The van der Waals surface area contributed by atoms with Gasteiger partial charge in [-0.25, -0.2) is 9.48 Å². The lowest BCUT2D eigenvalue weighted by atomic mass is 10.2. The molecule has 0 unspecified atom stereocenters. The fourth-order valence-electron chi connectivity index (χ4n) is 2.75. The van der Waals surface area contributed by atoms with Gasteiger partial charge in [0.2, 0.25) is 0 Å². The second kappa shape index (κ2) is 7.23. The number of urea groups is 1. The molecule has 5 nitrogen and oxygen atoms in total. The molecule has 0 atom stereocenters. The molecule has 4 rings (SSSR count). The fraction of sp³-hybridized carbons (Fsp3) is 0.111. The molecule has 2 N–H and O–H groups in total. The van der Waals surface area contributed by atoms with E-state index in [1.54, 1.807) is 52.8 Å². The summed E-state index contributed by atoms with van der Waals surface area (Å²) in [5.41, 5.74) is 3.50. The minimum Gasteiger partial charge on any atom is -0.308 e. The topological polar surface area (TPSA) is 59.0 Å². The number of anilines is 2. The Morgan fingerprint density at radius 1 is 1.04 bits per heavy atom. The van der Waals surface area contributed by atoms with Crippen LogP contribution in [-0.4, -0.2) is 15.8 Å². The van der Waals surface area contributed by atoms with E-state index in [1.165, 1.54) is 0 Å². The van der Waals surface area contributed by atoms with Gasteiger partial charge >= 0.3 is 6.03 Å². The average Bonchev–Trinajstić information content (AvgIpc) is 3.18. The van der Waals surface area contributed by atoms with E-state index < -0.39 is 0 Å². The number of fused-ring (bicyclic) bond motifs is 1. The largest absolute Gasteiger partial charge is 0.324 e. The van der Waals surface area contributed by atoms with Crippen LogP contribution in [0.15, 0.2) is 48.5 Å². The van der Waals surface area contributed by atoms with Crippen LogP contribution < -0.4 is 10.6 Å². The Labute approximate surface area is 164 Å². The highest BCUT2D eigenvalue weighted by Crippen LogP contribution is 2.36. The summed E-state index contributed by atoms with van der Waals surface area (Å²) in [7, 11) is 0. The van der Waals surface area contributed by atoms with Crippen LogP contribution in [0.5, 0.6) is 0 Å². The van der Waals surface area contributed by atoms with Gasteiger partial charge in [0, 0.05) is 32.8 Å². The highest BCUT2D eigenvalue weighted by atomic mass is 35.5. The van der Waals surface area contributed by atoms with Crippen molar-refractivity contribution >= 4 is 52.5 Å². The molecule has 3 aromatic rings. The summed E-state index contributed by atoms with van der Waals surface area (Å²) < 4.78 is 1.75. The van der Waals surface area contributed by atoms with E-state index in [0.29, 0.717) is 21.6 Å². The van der Waals surface area contributed by atoms with E-state index in [2.05, 4.69) is 15.7 Å². The second-order valence-corrected chi connectivity index (χ2v) is 7.60. The second-order valence-electron chi connectivity index (χ2n) is 5.74. The minimum atomic E-state index is -0.345. The van der Waals surface area contributed by atoms with Gasteiger partial charge < -0.3 is 5.32 Å². The number of carbonyl (C=O) groups excluding carboxylic acids is 1. The first-order valence-corrected chi connectivity index (χ1v) is 9.79. The van der Waals surface area contributed by atoms with E-state index in [0.717, 1.165) is 28.5 Å². The standard InChI is InChI=1S/C18H14Cl2N4OS/c19-11-4-6-14(7-5-11)24-17(15-9-26-10-16(15)23-24)22-18(25)21-13-3-1-2-12(20)8-13/h1-8H,9-10H2,(H2,21,22,25). The van der Waals surface area contributed by atoms with Crippen molar-refractivity contribution in [3.63, 3.8) is 0 Å². The zero-order chi connectivity index (χ0) is 18.1. The van der Waals surface area contributed by atoms with Crippen LogP contribution in [0.3, 0.4) is 0 Å². The molecule has 26 heavy (non-hydrogen) atoms. The quantitative estimate of drug-likeness (QED) is 0.599. The summed E-state index contributed by atoms with van der Waals surface area (Å²) in [4.78, 5) is 12.5. The normalized spacial score (nSPS) is 12.7. The van der Waals surface area contributed by atoms with Gasteiger partial charge in [-0.1, -0.05) is 29.3 Å². The summed E-state index contributed by atoms with van der Waals surface area (Å²) in [6.45, 7) is 0. The molecular formula is C18H14Cl2N4OS. The highest BCUT2D eigenvalue weighted by Gasteiger charge is 2.24. The molecule has 0 spiro atoms. The molecule has 1 aromatic heterocycles. The van der Waals surface area contributed by atoms with Gasteiger partial charge in [-0.2, -0.15) is 16.9 Å². The number of halogens is 2.